The largest absolute Gasteiger partial charge is 0.462 e. The van der Waals surface area contributed by atoms with Crippen molar-refractivity contribution in [2.24, 2.45) is 5.92 Å². The van der Waals surface area contributed by atoms with Crippen LogP contribution in [-0.4, -0.2) is 25.2 Å². The maximum absolute atomic E-state index is 12.5. The molecule has 2 aromatic carbocycles. The highest BCUT2D eigenvalue weighted by Crippen LogP contribution is 2.24. The highest BCUT2D eigenvalue weighted by atomic mass is 16.5. The summed E-state index contributed by atoms with van der Waals surface area (Å²) in [6.45, 7) is 0.699. The molecular formula is C23H26O4. The molecule has 4 heteroatoms. The summed E-state index contributed by atoms with van der Waals surface area (Å²) in [5.41, 5.74) is 1.64. The lowest BCUT2D eigenvalue weighted by Gasteiger charge is -2.21. The summed E-state index contributed by atoms with van der Waals surface area (Å²) in [7, 11) is 0. The second kappa shape index (κ2) is 9.91. The molecule has 0 N–H and O–H groups in total. The third kappa shape index (κ3) is 5.68. The van der Waals surface area contributed by atoms with Gasteiger partial charge in [0.15, 0.2) is 0 Å². The third-order valence-electron chi connectivity index (χ3n) is 5.01. The number of ether oxygens (including phenoxy) is 2. The predicted molar refractivity (Wildman–Crippen MR) is 104 cm³/mol. The topological polar surface area (TPSA) is 52.6 Å². The molecule has 1 fully saturated rings. The molecule has 0 spiro atoms. The summed E-state index contributed by atoms with van der Waals surface area (Å²) < 4.78 is 10.9. The van der Waals surface area contributed by atoms with Crippen molar-refractivity contribution in [1.82, 2.24) is 0 Å². The fourth-order valence-corrected chi connectivity index (χ4v) is 3.45. The smallest absolute Gasteiger partial charge is 0.339 e. The van der Waals surface area contributed by atoms with Crippen LogP contribution in [0.3, 0.4) is 0 Å². The fourth-order valence-electron chi connectivity index (χ4n) is 3.45. The first-order valence-corrected chi connectivity index (χ1v) is 9.71. The molecule has 3 rings (SSSR count). The number of carbonyl (C=O) groups is 2. The SMILES string of the molecule is O=C(OCCc1ccccc1)c1ccccc1C(=O)OCC1CCCCC1. The van der Waals surface area contributed by atoms with Crippen molar-refractivity contribution in [2.75, 3.05) is 13.2 Å². The Morgan fingerprint density at radius 1 is 0.778 bits per heavy atom. The van der Waals surface area contributed by atoms with Gasteiger partial charge in [0.05, 0.1) is 24.3 Å². The van der Waals surface area contributed by atoms with E-state index >= 15 is 0 Å². The van der Waals surface area contributed by atoms with E-state index in [1.165, 1.54) is 19.3 Å². The van der Waals surface area contributed by atoms with E-state index in [1.54, 1.807) is 24.3 Å². The van der Waals surface area contributed by atoms with E-state index in [1.807, 2.05) is 30.3 Å². The zero-order valence-corrected chi connectivity index (χ0v) is 15.6. The van der Waals surface area contributed by atoms with Gasteiger partial charge in [0.1, 0.15) is 0 Å². The van der Waals surface area contributed by atoms with Gasteiger partial charge < -0.3 is 9.47 Å². The molecule has 0 unspecified atom stereocenters. The minimum Gasteiger partial charge on any atom is -0.462 e. The Morgan fingerprint density at radius 2 is 1.37 bits per heavy atom. The van der Waals surface area contributed by atoms with Crippen LogP contribution in [-0.2, 0) is 15.9 Å². The molecule has 1 aliphatic rings. The first-order chi connectivity index (χ1) is 13.2. The molecule has 0 radical (unpaired) electrons. The average molecular weight is 366 g/mol. The molecule has 0 atom stereocenters. The molecule has 0 bridgehead atoms. The van der Waals surface area contributed by atoms with Crippen molar-refractivity contribution in [1.29, 1.82) is 0 Å². The van der Waals surface area contributed by atoms with Gasteiger partial charge in [-0.3, -0.25) is 0 Å². The van der Waals surface area contributed by atoms with E-state index in [0.717, 1.165) is 18.4 Å². The number of hydrogen-bond acceptors (Lipinski definition) is 4. The lowest BCUT2D eigenvalue weighted by molar-refractivity contribution is 0.0391. The molecule has 27 heavy (non-hydrogen) atoms. The Balaban J connectivity index is 1.55. The number of esters is 2. The van der Waals surface area contributed by atoms with Crippen LogP contribution in [0.5, 0.6) is 0 Å². The summed E-state index contributed by atoms with van der Waals surface area (Å²) in [5.74, 6) is -0.500. The molecule has 4 nitrogen and oxygen atoms in total. The Hall–Kier alpha value is -2.62. The molecule has 0 amide bonds. The molecule has 0 aromatic heterocycles. The van der Waals surface area contributed by atoms with Gasteiger partial charge in [-0.15, -0.1) is 0 Å². The Bertz CT molecular complexity index is 748. The maximum atomic E-state index is 12.5. The zero-order valence-electron chi connectivity index (χ0n) is 15.6. The van der Waals surface area contributed by atoms with Crippen molar-refractivity contribution in [3.05, 3.63) is 71.3 Å². The van der Waals surface area contributed by atoms with Crippen LogP contribution in [0.2, 0.25) is 0 Å². The Morgan fingerprint density at radius 3 is 2.04 bits per heavy atom. The van der Waals surface area contributed by atoms with Crippen LogP contribution in [0.1, 0.15) is 58.4 Å². The van der Waals surface area contributed by atoms with E-state index in [4.69, 9.17) is 9.47 Å². The number of benzene rings is 2. The monoisotopic (exact) mass is 366 g/mol. The number of hydrogen-bond donors (Lipinski definition) is 0. The van der Waals surface area contributed by atoms with Crippen LogP contribution in [0, 0.1) is 5.92 Å². The normalized spacial score (nSPS) is 14.5. The van der Waals surface area contributed by atoms with E-state index in [9.17, 15) is 9.59 Å². The fraction of sp³-hybridized carbons (Fsp3) is 0.391. The maximum Gasteiger partial charge on any atom is 0.339 e. The van der Waals surface area contributed by atoms with Crippen LogP contribution >= 0.6 is 0 Å². The first-order valence-electron chi connectivity index (χ1n) is 9.71. The van der Waals surface area contributed by atoms with Gasteiger partial charge in [-0.25, -0.2) is 9.59 Å². The molecule has 0 heterocycles. The van der Waals surface area contributed by atoms with E-state index in [0.29, 0.717) is 18.9 Å². The molecule has 1 saturated carbocycles. The van der Waals surface area contributed by atoms with Crippen molar-refractivity contribution >= 4 is 11.9 Å². The highest BCUT2D eigenvalue weighted by molar-refractivity contribution is 6.03. The molecule has 0 saturated heterocycles. The van der Waals surface area contributed by atoms with Crippen molar-refractivity contribution in [3.63, 3.8) is 0 Å². The zero-order chi connectivity index (χ0) is 18.9. The number of carbonyl (C=O) groups excluding carboxylic acids is 2. The van der Waals surface area contributed by atoms with Crippen LogP contribution in [0.4, 0.5) is 0 Å². The molecule has 142 valence electrons. The first kappa shape index (κ1) is 19.2. The minimum absolute atomic E-state index is 0.263. The predicted octanol–water partition coefficient (Wildman–Crippen LogP) is 4.82. The van der Waals surface area contributed by atoms with E-state index in [-0.39, 0.29) is 17.7 Å². The quantitative estimate of drug-likeness (QED) is 0.659. The summed E-state index contributed by atoms with van der Waals surface area (Å²) in [6.07, 6.45) is 6.52. The molecule has 1 aliphatic carbocycles. The van der Waals surface area contributed by atoms with Gasteiger partial charge in [-0.1, -0.05) is 61.7 Å². The molecule has 2 aromatic rings. The van der Waals surface area contributed by atoms with Crippen molar-refractivity contribution < 1.29 is 19.1 Å². The van der Waals surface area contributed by atoms with Crippen molar-refractivity contribution in [3.8, 4) is 0 Å². The van der Waals surface area contributed by atoms with Gasteiger partial charge in [0.2, 0.25) is 0 Å². The second-order valence-electron chi connectivity index (χ2n) is 7.02. The van der Waals surface area contributed by atoms with Gasteiger partial charge in [0.25, 0.3) is 0 Å². The lowest BCUT2D eigenvalue weighted by Crippen LogP contribution is -2.19. The van der Waals surface area contributed by atoms with Gasteiger partial charge in [0, 0.05) is 6.42 Å². The van der Waals surface area contributed by atoms with E-state index < -0.39 is 11.9 Å². The lowest BCUT2D eigenvalue weighted by atomic mass is 9.90. The summed E-state index contributed by atoms with van der Waals surface area (Å²) >= 11 is 0. The third-order valence-corrected chi connectivity index (χ3v) is 5.01. The van der Waals surface area contributed by atoms with Gasteiger partial charge in [-0.05, 0) is 36.5 Å². The average Bonchev–Trinajstić information content (AvgIpc) is 2.73. The van der Waals surface area contributed by atoms with E-state index in [2.05, 4.69) is 0 Å². The second-order valence-corrected chi connectivity index (χ2v) is 7.02. The van der Waals surface area contributed by atoms with Crippen LogP contribution in [0.15, 0.2) is 54.6 Å². The summed E-state index contributed by atoms with van der Waals surface area (Å²) in [5, 5.41) is 0. The minimum atomic E-state index is -0.490. The van der Waals surface area contributed by atoms with Gasteiger partial charge in [-0.2, -0.15) is 0 Å². The highest BCUT2D eigenvalue weighted by Gasteiger charge is 2.21. The Kier molecular flexibility index (Phi) is 7.03. The molecular weight excluding hydrogens is 340 g/mol. The standard InChI is InChI=1S/C23H26O4/c24-22(26-16-15-18-9-3-1-4-10-18)20-13-7-8-14-21(20)23(25)27-17-19-11-5-2-6-12-19/h1,3-4,7-10,13-14,19H,2,5-6,11-12,15-17H2. The number of rotatable bonds is 7. The Labute approximate surface area is 160 Å². The van der Waals surface area contributed by atoms with Crippen LogP contribution in [0.25, 0.3) is 0 Å². The van der Waals surface area contributed by atoms with Gasteiger partial charge >= 0.3 is 11.9 Å². The summed E-state index contributed by atoms with van der Waals surface area (Å²) in [6, 6.07) is 16.5. The van der Waals surface area contributed by atoms with Crippen LogP contribution < -0.4 is 0 Å². The van der Waals surface area contributed by atoms with Crippen molar-refractivity contribution in [2.45, 2.75) is 38.5 Å². The summed E-state index contributed by atoms with van der Waals surface area (Å²) in [4.78, 5) is 24.9. The molecule has 0 aliphatic heterocycles.